The first-order valence-corrected chi connectivity index (χ1v) is 8.59. The average molecular weight is 280 g/mol. The van der Waals surface area contributed by atoms with Crippen LogP contribution in [0, 0.1) is 11.3 Å². The van der Waals surface area contributed by atoms with E-state index in [1.54, 1.807) is 0 Å². The minimum Gasteiger partial charge on any atom is -0.378 e. The molecular weight excluding hydrogens is 248 g/mol. The summed E-state index contributed by atoms with van der Waals surface area (Å²) in [6, 6.07) is 2.38. The number of rotatable bonds is 5. The van der Waals surface area contributed by atoms with Gasteiger partial charge in [-0.3, -0.25) is 0 Å². The molecule has 0 amide bonds. The summed E-state index contributed by atoms with van der Waals surface area (Å²) in [5.74, 6) is 0.894. The van der Waals surface area contributed by atoms with Crippen LogP contribution in [0.3, 0.4) is 0 Å². The van der Waals surface area contributed by atoms with Gasteiger partial charge in [0.05, 0.1) is 6.10 Å². The van der Waals surface area contributed by atoms with Gasteiger partial charge in [0.1, 0.15) is 0 Å². The van der Waals surface area contributed by atoms with Crippen LogP contribution in [0.25, 0.3) is 0 Å². The van der Waals surface area contributed by atoms with Gasteiger partial charge in [-0.2, -0.15) is 0 Å². The Bertz CT molecular complexity index is 330. The molecule has 4 unspecified atom stereocenters. The van der Waals surface area contributed by atoms with Gasteiger partial charge in [0.2, 0.25) is 0 Å². The summed E-state index contributed by atoms with van der Waals surface area (Å²) in [7, 11) is 2.33. The smallest absolute Gasteiger partial charge is 0.0655 e. The predicted molar refractivity (Wildman–Crippen MR) is 82.9 cm³/mol. The van der Waals surface area contributed by atoms with Crippen molar-refractivity contribution in [3.8, 4) is 0 Å². The van der Waals surface area contributed by atoms with E-state index in [1.807, 2.05) is 0 Å². The minimum absolute atomic E-state index is 0.306. The topological polar surface area (TPSA) is 24.5 Å². The van der Waals surface area contributed by atoms with Gasteiger partial charge < -0.3 is 15.0 Å². The second-order valence-corrected chi connectivity index (χ2v) is 7.85. The zero-order chi connectivity index (χ0) is 14.3. The Morgan fingerprint density at radius 3 is 2.35 bits per heavy atom. The highest BCUT2D eigenvalue weighted by Gasteiger charge is 2.49. The van der Waals surface area contributed by atoms with Crippen LogP contribution in [0.15, 0.2) is 0 Å². The lowest BCUT2D eigenvalue weighted by Crippen LogP contribution is -2.61. The summed E-state index contributed by atoms with van der Waals surface area (Å²) >= 11 is 0. The second-order valence-electron chi connectivity index (χ2n) is 7.85. The number of hydrogen-bond acceptors (Lipinski definition) is 3. The summed E-state index contributed by atoms with van der Waals surface area (Å²) in [5.41, 5.74) is 0.306. The first-order valence-electron chi connectivity index (χ1n) is 8.59. The molecule has 3 heteroatoms. The molecule has 1 aliphatic carbocycles. The molecule has 3 nitrogen and oxygen atoms in total. The van der Waals surface area contributed by atoms with Crippen molar-refractivity contribution in [2.24, 2.45) is 11.3 Å². The number of ether oxygens (including phenoxy) is 1. The molecule has 0 spiro atoms. The Kier molecular flexibility index (Phi) is 4.13. The maximum Gasteiger partial charge on any atom is 0.0655 e. The van der Waals surface area contributed by atoms with E-state index in [0.717, 1.165) is 24.6 Å². The monoisotopic (exact) mass is 280 g/mol. The highest BCUT2D eigenvalue weighted by molar-refractivity contribution is 5.03. The lowest BCUT2D eigenvalue weighted by Gasteiger charge is -2.52. The number of hydrogen-bond donors (Lipinski definition) is 1. The normalized spacial score (nSPS) is 43.5. The quantitative estimate of drug-likeness (QED) is 0.838. The van der Waals surface area contributed by atoms with Gasteiger partial charge in [-0.15, -0.1) is 0 Å². The van der Waals surface area contributed by atoms with E-state index >= 15 is 0 Å². The van der Waals surface area contributed by atoms with Crippen molar-refractivity contribution in [2.75, 3.05) is 20.2 Å². The zero-order valence-electron chi connectivity index (χ0n) is 13.7. The molecule has 4 atom stereocenters. The van der Waals surface area contributed by atoms with Gasteiger partial charge in [-0.1, -0.05) is 13.8 Å². The van der Waals surface area contributed by atoms with E-state index in [0.29, 0.717) is 17.6 Å². The van der Waals surface area contributed by atoms with Crippen LogP contribution in [0.5, 0.6) is 0 Å². The van der Waals surface area contributed by atoms with E-state index in [-0.39, 0.29) is 0 Å². The lowest BCUT2D eigenvalue weighted by molar-refractivity contribution is -0.115. The molecule has 0 aromatic carbocycles. The molecule has 0 radical (unpaired) electrons. The number of fused-ring (bicyclic) bond motifs is 2. The van der Waals surface area contributed by atoms with Crippen LogP contribution in [0.4, 0.5) is 0 Å². The van der Waals surface area contributed by atoms with Crippen LogP contribution in [0.1, 0.15) is 52.9 Å². The SMILES string of the molecule is CCOC1CC(NCC2CC3CCC(C2)N3C)C1(C)C. The highest BCUT2D eigenvalue weighted by Crippen LogP contribution is 2.43. The van der Waals surface area contributed by atoms with Crippen molar-refractivity contribution in [2.45, 2.75) is 77.1 Å². The summed E-state index contributed by atoms with van der Waals surface area (Å²) in [5, 5.41) is 3.85. The summed E-state index contributed by atoms with van der Waals surface area (Å²) in [6.45, 7) is 8.87. The van der Waals surface area contributed by atoms with E-state index in [2.05, 4.69) is 38.0 Å². The highest BCUT2D eigenvalue weighted by atomic mass is 16.5. The zero-order valence-corrected chi connectivity index (χ0v) is 13.7. The van der Waals surface area contributed by atoms with Crippen molar-refractivity contribution in [3.05, 3.63) is 0 Å². The third-order valence-electron chi connectivity index (χ3n) is 6.39. The van der Waals surface area contributed by atoms with E-state index in [9.17, 15) is 0 Å². The average Bonchev–Trinajstić information content (AvgIpc) is 2.65. The van der Waals surface area contributed by atoms with Gasteiger partial charge in [0, 0.05) is 30.1 Å². The largest absolute Gasteiger partial charge is 0.378 e. The van der Waals surface area contributed by atoms with Crippen molar-refractivity contribution in [3.63, 3.8) is 0 Å². The third kappa shape index (κ3) is 2.53. The Morgan fingerprint density at radius 2 is 1.80 bits per heavy atom. The Balaban J connectivity index is 1.45. The molecule has 2 heterocycles. The standard InChI is InChI=1S/C17H32N2O/c1-5-20-16-10-15(17(16,2)3)18-11-12-8-13-6-7-14(9-12)19(13)4/h12-16,18H,5-11H2,1-4H3. The summed E-state index contributed by atoms with van der Waals surface area (Å²) in [4.78, 5) is 2.63. The van der Waals surface area contributed by atoms with Gasteiger partial charge in [0.25, 0.3) is 0 Å². The molecule has 3 aliphatic rings. The van der Waals surface area contributed by atoms with Crippen molar-refractivity contribution < 1.29 is 4.74 Å². The first-order chi connectivity index (χ1) is 9.52. The summed E-state index contributed by atoms with van der Waals surface area (Å²) in [6.07, 6.45) is 7.32. The van der Waals surface area contributed by atoms with Crippen LogP contribution < -0.4 is 5.32 Å². The van der Waals surface area contributed by atoms with E-state index in [4.69, 9.17) is 4.74 Å². The van der Waals surface area contributed by atoms with Crippen LogP contribution in [0.2, 0.25) is 0 Å². The molecule has 0 aromatic rings. The van der Waals surface area contributed by atoms with Gasteiger partial charge in [-0.05, 0) is 58.5 Å². The maximum atomic E-state index is 5.83. The van der Waals surface area contributed by atoms with Crippen LogP contribution in [-0.2, 0) is 4.74 Å². The number of nitrogens with zero attached hydrogens (tertiary/aromatic N) is 1. The molecule has 3 rings (SSSR count). The van der Waals surface area contributed by atoms with Gasteiger partial charge in [0.15, 0.2) is 0 Å². The molecule has 2 bridgehead atoms. The Hall–Kier alpha value is -0.120. The fourth-order valence-electron chi connectivity index (χ4n) is 4.72. The third-order valence-corrected chi connectivity index (χ3v) is 6.39. The minimum atomic E-state index is 0.306. The second kappa shape index (κ2) is 5.58. The van der Waals surface area contributed by atoms with Crippen LogP contribution >= 0.6 is 0 Å². The fourth-order valence-corrected chi connectivity index (χ4v) is 4.72. The molecular formula is C17H32N2O. The first kappa shape index (κ1) is 14.8. The molecule has 20 heavy (non-hydrogen) atoms. The number of nitrogens with one attached hydrogen (secondary N) is 1. The number of piperidine rings is 1. The molecule has 116 valence electrons. The van der Waals surface area contributed by atoms with Crippen molar-refractivity contribution >= 4 is 0 Å². The van der Waals surface area contributed by atoms with E-state index < -0.39 is 0 Å². The fraction of sp³-hybridized carbons (Fsp3) is 1.00. The maximum absolute atomic E-state index is 5.83. The Labute approximate surface area is 124 Å². The molecule has 2 aliphatic heterocycles. The van der Waals surface area contributed by atoms with Gasteiger partial charge in [-0.25, -0.2) is 0 Å². The molecule has 2 saturated heterocycles. The lowest BCUT2D eigenvalue weighted by atomic mass is 9.64. The molecule has 1 saturated carbocycles. The van der Waals surface area contributed by atoms with Crippen LogP contribution in [-0.4, -0.2) is 49.3 Å². The molecule has 3 fully saturated rings. The van der Waals surface area contributed by atoms with Crippen molar-refractivity contribution in [1.82, 2.24) is 10.2 Å². The Morgan fingerprint density at radius 1 is 1.15 bits per heavy atom. The predicted octanol–water partition coefficient (Wildman–Crippen LogP) is 2.65. The molecule has 0 aromatic heterocycles. The molecule has 1 N–H and O–H groups in total. The summed E-state index contributed by atoms with van der Waals surface area (Å²) < 4.78 is 5.83. The van der Waals surface area contributed by atoms with E-state index in [1.165, 1.54) is 38.6 Å². The van der Waals surface area contributed by atoms with Gasteiger partial charge >= 0.3 is 0 Å². The van der Waals surface area contributed by atoms with Crippen molar-refractivity contribution in [1.29, 1.82) is 0 Å².